The number of piperidine rings is 1. The highest BCUT2D eigenvalue weighted by atomic mass is 35.5. The van der Waals surface area contributed by atoms with E-state index < -0.39 is 30.1 Å². The lowest BCUT2D eigenvalue weighted by atomic mass is 9.91. The van der Waals surface area contributed by atoms with Gasteiger partial charge in [0.25, 0.3) is 5.91 Å². The van der Waals surface area contributed by atoms with Gasteiger partial charge in [-0.2, -0.15) is 5.26 Å². The molecule has 5 aromatic rings. The molecule has 0 aromatic heterocycles. The predicted octanol–water partition coefficient (Wildman–Crippen LogP) is 8.33. The van der Waals surface area contributed by atoms with Crippen LogP contribution in [0.1, 0.15) is 58.7 Å². The van der Waals surface area contributed by atoms with Crippen LogP contribution in [0, 0.1) is 11.3 Å². The van der Waals surface area contributed by atoms with Crippen LogP contribution in [0.2, 0.25) is 10.0 Å². The van der Waals surface area contributed by atoms with Gasteiger partial charge in [0.15, 0.2) is 0 Å². The number of nitrogens with one attached hydrogen (secondary N) is 2. The first-order valence-corrected chi connectivity index (χ1v) is 20.8. The van der Waals surface area contributed by atoms with Crippen molar-refractivity contribution in [2.24, 2.45) is 0 Å². The number of hydrogen-bond donors (Lipinski definition) is 3. The van der Waals surface area contributed by atoms with E-state index in [-0.39, 0.29) is 37.9 Å². The number of halogens is 2. The molecular weight excluding hydrogens is 817 g/mol. The van der Waals surface area contributed by atoms with Gasteiger partial charge < -0.3 is 35.0 Å². The van der Waals surface area contributed by atoms with Crippen LogP contribution in [0.25, 0.3) is 11.1 Å². The summed E-state index contributed by atoms with van der Waals surface area (Å²) in [6, 6.07) is 29.9. The summed E-state index contributed by atoms with van der Waals surface area (Å²) < 4.78 is 12.2. The lowest BCUT2D eigenvalue weighted by molar-refractivity contribution is -0.142. The number of nitrogens with zero attached hydrogens (tertiary/aromatic N) is 3. The van der Waals surface area contributed by atoms with E-state index in [1.807, 2.05) is 42.5 Å². The van der Waals surface area contributed by atoms with Gasteiger partial charge in [0.1, 0.15) is 30.2 Å². The Hall–Kier alpha value is -6.55. The first kappa shape index (κ1) is 41.2. The first-order valence-electron chi connectivity index (χ1n) is 20.0. The zero-order valence-electron chi connectivity index (χ0n) is 32.9. The standard InChI is InChI=1S/C47H41Cl2N5O7/c48-37-17-8-30(20-38(37)49)27-60-36-15-13-33(14-16-36)43-45(56)51-39-22-34-23-41(54(26-35(34)24-42(39)61-43)47(59)53-18-2-1-3-19-53)44(55)52-40(46(57)58)21-28-4-9-31(10-5-28)32-11-6-29(25-50)7-12-32/h4-17,20,22,24,40-41,43H,1-3,18-19,21,23,26-27H2,(H,51,56)(H,52,55)(H,57,58)/t40-,41-,43?/m0/s1. The molecule has 3 heterocycles. The van der Waals surface area contributed by atoms with Crippen LogP contribution in [0.5, 0.6) is 11.5 Å². The Morgan fingerprint density at radius 2 is 1.56 bits per heavy atom. The van der Waals surface area contributed by atoms with Crippen molar-refractivity contribution in [1.29, 1.82) is 5.26 Å². The highest BCUT2D eigenvalue weighted by Gasteiger charge is 2.40. The zero-order chi connectivity index (χ0) is 42.6. The zero-order valence-corrected chi connectivity index (χ0v) is 34.4. The summed E-state index contributed by atoms with van der Waals surface area (Å²) in [5, 5.41) is 26.0. The van der Waals surface area contributed by atoms with Crippen LogP contribution in [-0.4, -0.2) is 63.9 Å². The number of aliphatic carboxylic acids is 1. The molecule has 0 spiro atoms. The molecule has 310 valence electrons. The maximum absolute atomic E-state index is 14.2. The van der Waals surface area contributed by atoms with Crippen molar-refractivity contribution in [2.75, 3.05) is 18.4 Å². The number of hydrogen-bond acceptors (Lipinski definition) is 7. The molecule has 61 heavy (non-hydrogen) atoms. The normalized spacial score (nSPS) is 17.4. The van der Waals surface area contributed by atoms with Gasteiger partial charge >= 0.3 is 12.0 Å². The maximum atomic E-state index is 14.2. The number of likely N-dealkylation sites (tertiary alicyclic amines) is 1. The van der Waals surface area contributed by atoms with Crippen LogP contribution in [0.15, 0.2) is 103 Å². The van der Waals surface area contributed by atoms with Gasteiger partial charge in [0.2, 0.25) is 12.0 Å². The molecule has 12 nitrogen and oxygen atoms in total. The van der Waals surface area contributed by atoms with E-state index in [2.05, 4.69) is 16.7 Å². The number of ether oxygens (including phenoxy) is 2. The van der Waals surface area contributed by atoms with E-state index in [0.717, 1.165) is 47.1 Å². The van der Waals surface area contributed by atoms with E-state index in [0.29, 0.717) is 57.0 Å². The fraction of sp³-hybridized carbons (Fsp3) is 0.255. The van der Waals surface area contributed by atoms with Gasteiger partial charge in [-0.25, -0.2) is 9.59 Å². The van der Waals surface area contributed by atoms with Gasteiger partial charge in [-0.3, -0.25) is 9.59 Å². The summed E-state index contributed by atoms with van der Waals surface area (Å²) in [6.45, 7) is 1.48. The van der Waals surface area contributed by atoms with E-state index in [1.165, 1.54) is 4.90 Å². The second-order valence-electron chi connectivity index (χ2n) is 15.4. The number of benzene rings is 5. The monoisotopic (exact) mass is 857 g/mol. The fourth-order valence-electron chi connectivity index (χ4n) is 7.92. The topological polar surface area (TPSA) is 161 Å². The third kappa shape index (κ3) is 9.28. The van der Waals surface area contributed by atoms with E-state index in [4.69, 9.17) is 37.9 Å². The van der Waals surface area contributed by atoms with E-state index in [1.54, 1.807) is 65.6 Å². The average Bonchev–Trinajstić information content (AvgIpc) is 3.28. The molecule has 3 N–H and O–H groups in total. The van der Waals surface area contributed by atoms with Crippen LogP contribution in [0.3, 0.4) is 0 Å². The molecular formula is C47H41Cl2N5O7. The minimum Gasteiger partial charge on any atom is -0.489 e. The minimum absolute atomic E-state index is 0.0185. The quantitative estimate of drug-likeness (QED) is 0.126. The highest BCUT2D eigenvalue weighted by molar-refractivity contribution is 6.42. The molecule has 5 aromatic carbocycles. The Kier molecular flexibility index (Phi) is 12.1. The second kappa shape index (κ2) is 18.0. The van der Waals surface area contributed by atoms with Crippen molar-refractivity contribution in [3.05, 3.63) is 147 Å². The Balaban J connectivity index is 0.981. The number of nitriles is 1. The summed E-state index contributed by atoms with van der Waals surface area (Å²) >= 11 is 12.2. The van der Waals surface area contributed by atoms with E-state index >= 15 is 0 Å². The van der Waals surface area contributed by atoms with Gasteiger partial charge in [-0.1, -0.05) is 77.8 Å². The molecule has 0 saturated carbocycles. The van der Waals surface area contributed by atoms with E-state index in [9.17, 15) is 24.3 Å². The van der Waals surface area contributed by atoms with Gasteiger partial charge in [-0.15, -0.1) is 0 Å². The Labute approximate surface area is 362 Å². The summed E-state index contributed by atoms with van der Waals surface area (Å²) in [5.41, 5.74) is 6.44. The molecule has 0 radical (unpaired) electrons. The van der Waals surface area contributed by atoms with Crippen molar-refractivity contribution in [3.63, 3.8) is 0 Å². The summed E-state index contributed by atoms with van der Waals surface area (Å²) in [4.78, 5) is 57.6. The SMILES string of the molecule is N#Cc1ccc(-c2ccc(C[C@H](NC(=O)[C@@H]3Cc4cc5c(cc4CN3C(=O)N3CCCCC3)OC(c3ccc(OCc4ccc(Cl)c(Cl)c4)cc3)C(=O)N5)C(=O)O)cc2)cc1. The molecule has 1 fully saturated rings. The van der Waals surface area contributed by atoms with Gasteiger partial charge in [0.05, 0.1) is 27.4 Å². The lowest BCUT2D eigenvalue weighted by Crippen LogP contribution is -2.58. The van der Waals surface area contributed by atoms with Crippen LogP contribution in [-0.2, 0) is 40.4 Å². The number of carbonyl (C=O) groups is 4. The Morgan fingerprint density at radius 1 is 0.869 bits per heavy atom. The maximum Gasteiger partial charge on any atom is 0.326 e. The highest BCUT2D eigenvalue weighted by Crippen LogP contribution is 2.40. The van der Waals surface area contributed by atoms with Crippen molar-refractivity contribution in [3.8, 4) is 28.7 Å². The van der Waals surface area contributed by atoms with Gasteiger partial charge in [0, 0.05) is 38.0 Å². The molecule has 1 saturated heterocycles. The van der Waals surface area contributed by atoms with Crippen LogP contribution in [0.4, 0.5) is 10.5 Å². The molecule has 0 bridgehead atoms. The molecule has 1 unspecified atom stereocenters. The van der Waals surface area contributed by atoms with Crippen molar-refractivity contribution in [2.45, 2.75) is 63.4 Å². The predicted molar refractivity (Wildman–Crippen MR) is 229 cm³/mol. The number of carbonyl (C=O) groups excluding carboxylic acids is 3. The van der Waals surface area contributed by atoms with Crippen LogP contribution >= 0.6 is 23.2 Å². The number of urea groups is 1. The molecule has 3 atom stereocenters. The molecule has 3 aliphatic heterocycles. The third-order valence-corrected chi connectivity index (χ3v) is 12.0. The third-order valence-electron chi connectivity index (χ3n) is 11.3. The number of amides is 4. The number of carboxylic acid groups (broad SMARTS) is 1. The summed E-state index contributed by atoms with van der Waals surface area (Å²) in [5.74, 6) is -1.16. The van der Waals surface area contributed by atoms with Gasteiger partial charge in [-0.05, 0) is 101 Å². The molecule has 8 rings (SSSR count). The van der Waals surface area contributed by atoms with Crippen molar-refractivity contribution < 1.29 is 33.8 Å². The van der Waals surface area contributed by atoms with Crippen molar-refractivity contribution >= 4 is 52.7 Å². The molecule has 4 amide bonds. The molecule has 14 heteroatoms. The summed E-state index contributed by atoms with van der Waals surface area (Å²) in [7, 11) is 0. The fourth-order valence-corrected chi connectivity index (χ4v) is 8.24. The summed E-state index contributed by atoms with van der Waals surface area (Å²) in [6.07, 6.45) is 1.88. The minimum atomic E-state index is -1.27. The number of carboxylic acids is 1. The largest absolute Gasteiger partial charge is 0.489 e. The lowest BCUT2D eigenvalue weighted by Gasteiger charge is -2.41. The Bertz CT molecular complexity index is 2520. The first-order chi connectivity index (χ1) is 29.5. The smallest absolute Gasteiger partial charge is 0.326 e. The molecule has 0 aliphatic carbocycles. The number of rotatable bonds is 10. The van der Waals surface area contributed by atoms with Crippen LogP contribution < -0.4 is 20.1 Å². The number of fused-ring (bicyclic) bond motifs is 2. The Morgan fingerprint density at radius 3 is 2.23 bits per heavy atom. The second-order valence-corrected chi connectivity index (χ2v) is 16.2. The molecule has 3 aliphatic rings. The number of anilines is 1. The van der Waals surface area contributed by atoms with Crippen molar-refractivity contribution in [1.82, 2.24) is 15.1 Å². The average molecular weight is 859 g/mol.